The monoisotopic (exact) mass is 427 g/mol. The molecule has 3 N–H and O–H groups in total. The summed E-state index contributed by atoms with van der Waals surface area (Å²) in [6.07, 6.45) is 1.99. The molecule has 9 heteroatoms. The van der Waals surface area contributed by atoms with Crippen molar-refractivity contribution in [1.82, 2.24) is 20.9 Å². The number of carbonyl (C=O) groups is 2. The van der Waals surface area contributed by atoms with Crippen LogP contribution in [-0.2, 0) is 9.53 Å². The van der Waals surface area contributed by atoms with Crippen molar-refractivity contribution in [2.45, 2.75) is 19.8 Å². The molecule has 0 unspecified atom stereocenters. The highest BCUT2D eigenvalue weighted by Crippen LogP contribution is 1.96. The van der Waals surface area contributed by atoms with Crippen molar-refractivity contribution < 1.29 is 14.3 Å². The highest BCUT2D eigenvalue weighted by atomic mass is 127. The summed E-state index contributed by atoms with van der Waals surface area (Å²) in [4.78, 5) is 28.0. The molecule has 0 radical (unpaired) electrons. The van der Waals surface area contributed by atoms with Crippen LogP contribution in [0.1, 0.15) is 19.8 Å². The Labute approximate surface area is 148 Å². The molecule has 8 nitrogen and oxygen atoms in total. The summed E-state index contributed by atoms with van der Waals surface area (Å²) in [5, 5.41) is 8.73. The van der Waals surface area contributed by atoms with E-state index in [1.807, 2.05) is 6.92 Å². The summed E-state index contributed by atoms with van der Waals surface area (Å²) in [5.41, 5.74) is 0. The Morgan fingerprint density at radius 1 is 1.32 bits per heavy atom. The standard InChI is InChI=1S/C13H25N5O3.HI/c1-3-21-9-5-4-6-15-12(14-2)16-7-8-18-11(19)10-17-13(18)20;/h3-10H2,1-2H3,(H,17,20)(H2,14,15,16);1H. The minimum absolute atomic E-state index is 0. The Kier molecular flexibility index (Phi) is 11.8. The predicted octanol–water partition coefficient (Wildman–Crippen LogP) is 0.138. The van der Waals surface area contributed by atoms with Gasteiger partial charge in [-0.05, 0) is 19.8 Å². The fourth-order valence-corrected chi connectivity index (χ4v) is 1.87. The lowest BCUT2D eigenvalue weighted by Gasteiger charge is -2.15. The summed E-state index contributed by atoms with van der Waals surface area (Å²) in [7, 11) is 1.68. The van der Waals surface area contributed by atoms with Crippen molar-refractivity contribution in [3.8, 4) is 0 Å². The van der Waals surface area contributed by atoms with Crippen LogP contribution in [-0.4, -0.2) is 69.2 Å². The van der Waals surface area contributed by atoms with Crippen molar-refractivity contribution in [1.29, 1.82) is 0 Å². The second-order valence-corrected chi connectivity index (χ2v) is 4.53. The van der Waals surface area contributed by atoms with Crippen LogP contribution >= 0.6 is 24.0 Å². The maximum absolute atomic E-state index is 11.4. The molecular formula is C13H26IN5O3. The SMILES string of the molecule is CCOCCCCNC(=NC)NCCN1C(=O)CNC1=O.I. The summed E-state index contributed by atoms with van der Waals surface area (Å²) in [6, 6.07) is -0.333. The molecule has 0 saturated carbocycles. The van der Waals surface area contributed by atoms with Crippen LogP contribution in [0.15, 0.2) is 4.99 Å². The molecule has 1 rings (SSSR count). The average molecular weight is 427 g/mol. The van der Waals surface area contributed by atoms with Crippen molar-refractivity contribution in [3.05, 3.63) is 0 Å². The second kappa shape index (κ2) is 12.4. The molecule has 22 heavy (non-hydrogen) atoms. The number of halogens is 1. The third kappa shape index (κ3) is 7.78. The van der Waals surface area contributed by atoms with Crippen LogP contribution in [0, 0.1) is 0 Å². The molecule has 0 bridgehead atoms. The maximum atomic E-state index is 11.4. The Balaban J connectivity index is 0.00000441. The van der Waals surface area contributed by atoms with Gasteiger partial charge in [0, 0.05) is 39.9 Å². The van der Waals surface area contributed by atoms with E-state index in [0.29, 0.717) is 19.0 Å². The molecule has 128 valence electrons. The molecule has 0 spiro atoms. The molecule has 0 aromatic heterocycles. The Morgan fingerprint density at radius 2 is 2.05 bits per heavy atom. The van der Waals surface area contributed by atoms with E-state index >= 15 is 0 Å². The molecule has 0 atom stereocenters. The number of aliphatic imine (C=N–C) groups is 1. The lowest BCUT2D eigenvalue weighted by atomic mass is 10.3. The Morgan fingerprint density at radius 3 is 2.64 bits per heavy atom. The van der Waals surface area contributed by atoms with Crippen LogP contribution in [0.5, 0.6) is 0 Å². The van der Waals surface area contributed by atoms with Gasteiger partial charge < -0.3 is 20.7 Å². The van der Waals surface area contributed by atoms with E-state index in [9.17, 15) is 9.59 Å². The molecule has 0 aliphatic carbocycles. The first-order valence-corrected chi connectivity index (χ1v) is 7.29. The predicted molar refractivity (Wildman–Crippen MR) is 95.6 cm³/mol. The third-order valence-corrected chi connectivity index (χ3v) is 3.00. The normalized spacial score (nSPS) is 14.6. The average Bonchev–Trinajstić information content (AvgIpc) is 2.80. The number of amides is 3. The quantitative estimate of drug-likeness (QED) is 0.160. The number of imide groups is 1. The van der Waals surface area contributed by atoms with Gasteiger partial charge in [0.15, 0.2) is 5.96 Å². The van der Waals surface area contributed by atoms with Crippen molar-refractivity contribution in [2.75, 3.05) is 46.4 Å². The largest absolute Gasteiger partial charge is 0.382 e. The van der Waals surface area contributed by atoms with Crippen LogP contribution in [0.3, 0.4) is 0 Å². The summed E-state index contributed by atoms with van der Waals surface area (Å²) in [5.74, 6) is 0.471. The summed E-state index contributed by atoms with van der Waals surface area (Å²) >= 11 is 0. The molecule has 1 heterocycles. The molecule has 1 aliphatic heterocycles. The van der Waals surface area contributed by atoms with Gasteiger partial charge in [0.05, 0.1) is 6.54 Å². The van der Waals surface area contributed by atoms with Gasteiger partial charge in [-0.1, -0.05) is 0 Å². The van der Waals surface area contributed by atoms with E-state index in [0.717, 1.165) is 32.6 Å². The topological polar surface area (TPSA) is 95.1 Å². The van der Waals surface area contributed by atoms with Crippen LogP contribution in [0.2, 0.25) is 0 Å². The fourth-order valence-electron chi connectivity index (χ4n) is 1.87. The molecule has 1 fully saturated rings. The Hall–Kier alpha value is -1.10. The molecule has 0 aromatic carbocycles. The van der Waals surface area contributed by atoms with E-state index in [1.54, 1.807) is 7.05 Å². The number of unbranched alkanes of at least 4 members (excludes halogenated alkanes) is 1. The number of guanidine groups is 1. The van der Waals surface area contributed by atoms with E-state index in [2.05, 4.69) is 20.9 Å². The highest BCUT2D eigenvalue weighted by molar-refractivity contribution is 14.0. The van der Waals surface area contributed by atoms with E-state index in [4.69, 9.17) is 4.74 Å². The van der Waals surface area contributed by atoms with E-state index in [1.165, 1.54) is 4.90 Å². The van der Waals surface area contributed by atoms with Gasteiger partial charge in [0.1, 0.15) is 0 Å². The maximum Gasteiger partial charge on any atom is 0.324 e. The van der Waals surface area contributed by atoms with Crippen LogP contribution < -0.4 is 16.0 Å². The fraction of sp³-hybridized carbons (Fsp3) is 0.769. The smallest absolute Gasteiger partial charge is 0.324 e. The lowest BCUT2D eigenvalue weighted by Crippen LogP contribution is -2.43. The van der Waals surface area contributed by atoms with Crippen molar-refractivity contribution in [2.24, 2.45) is 4.99 Å². The van der Waals surface area contributed by atoms with Crippen molar-refractivity contribution >= 4 is 41.9 Å². The number of rotatable bonds is 9. The lowest BCUT2D eigenvalue weighted by molar-refractivity contribution is -0.124. The minimum atomic E-state index is -0.333. The number of nitrogens with zero attached hydrogens (tertiary/aromatic N) is 2. The van der Waals surface area contributed by atoms with E-state index < -0.39 is 0 Å². The molecular weight excluding hydrogens is 401 g/mol. The van der Waals surface area contributed by atoms with Crippen LogP contribution in [0.4, 0.5) is 4.79 Å². The first-order chi connectivity index (χ1) is 10.2. The van der Waals surface area contributed by atoms with Crippen LogP contribution in [0.25, 0.3) is 0 Å². The molecule has 3 amide bonds. The molecule has 0 aromatic rings. The molecule has 1 saturated heterocycles. The Bertz CT molecular complexity index is 363. The number of carbonyl (C=O) groups excluding carboxylic acids is 2. The first-order valence-electron chi connectivity index (χ1n) is 7.29. The zero-order chi connectivity index (χ0) is 15.5. The number of nitrogens with one attached hydrogen (secondary N) is 3. The zero-order valence-electron chi connectivity index (χ0n) is 13.2. The van der Waals surface area contributed by atoms with Crippen molar-refractivity contribution in [3.63, 3.8) is 0 Å². The number of hydrogen-bond acceptors (Lipinski definition) is 4. The van der Waals surface area contributed by atoms with Gasteiger partial charge in [-0.15, -0.1) is 24.0 Å². The van der Waals surface area contributed by atoms with Gasteiger partial charge in [0.25, 0.3) is 0 Å². The number of hydrogen-bond donors (Lipinski definition) is 3. The van der Waals surface area contributed by atoms with Gasteiger partial charge in [-0.3, -0.25) is 14.7 Å². The first kappa shape index (κ1) is 20.9. The number of urea groups is 1. The van der Waals surface area contributed by atoms with Gasteiger partial charge in [-0.25, -0.2) is 4.79 Å². The summed E-state index contributed by atoms with van der Waals surface area (Å²) < 4.78 is 5.26. The third-order valence-electron chi connectivity index (χ3n) is 3.00. The van der Waals surface area contributed by atoms with E-state index in [-0.39, 0.29) is 42.5 Å². The van der Waals surface area contributed by atoms with Gasteiger partial charge >= 0.3 is 6.03 Å². The molecule has 1 aliphatic rings. The van der Waals surface area contributed by atoms with Gasteiger partial charge in [-0.2, -0.15) is 0 Å². The second-order valence-electron chi connectivity index (χ2n) is 4.53. The highest BCUT2D eigenvalue weighted by Gasteiger charge is 2.27. The number of ether oxygens (including phenoxy) is 1. The van der Waals surface area contributed by atoms with Gasteiger partial charge in [0.2, 0.25) is 5.91 Å². The minimum Gasteiger partial charge on any atom is -0.382 e. The summed E-state index contributed by atoms with van der Waals surface area (Å²) in [6.45, 7) is 5.19. The zero-order valence-corrected chi connectivity index (χ0v) is 15.5.